The van der Waals surface area contributed by atoms with Gasteiger partial charge < -0.3 is 5.32 Å². The normalized spacial score (nSPS) is 16.4. The van der Waals surface area contributed by atoms with Gasteiger partial charge in [0.2, 0.25) is 5.91 Å². The van der Waals surface area contributed by atoms with E-state index in [1.54, 1.807) is 11.0 Å². The molecule has 0 saturated carbocycles. The second-order valence-corrected chi connectivity index (χ2v) is 10.4. The highest BCUT2D eigenvalue weighted by Gasteiger charge is 2.41. The van der Waals surface area contributed by atoms with Crippen LogP contribution in [0.25, 0.3) is 0 Å². The number of nitrogens with one attached hydrogen (secondary N) is 1. The summed E-state index contributed by atoms with van der Waals surface area (Å²) in [5, 5.41) is 12.9. The monoisotopic (exact) mass is 509 g/mol. The third kappa shape index (κ3) is 5.95. The summed E-state index contributed by atoms with van der Waals surface area (Å²) < 4.78 is 0. The van der Waals surface area contributed by atoms with Gasteiger partial charge in [0.25, 0.3) is 5.91 Å². The quantitative estimate of drug-likeness (QED) is 0.270. The minimum atomic E-state index is -0.522. The Kier molecular flexibility index (Phi) is 8.47. The van der Waals surface area contributed by atoms with Crippen LogP contribution in [0.4, 0.5) is 11.4 Å². The molecule has 1 fully saturated rings. The highest BCUT2D eigenvalue weighted by Crippen LogP contribution is 2.43. The molecule has 6 heteroatoms. The van der Waals surface area contributed by atoms with Gasteiger partial charge in [0.1, 0.15) is 16.7 Å². The number of carbonyl (C=O) groups excluding carboxylic acids is 2. The van der Waals surface area contributed by atoms with Crippen molar-refractivity contribution in [2.45, 2.75) is 51.7 Å². The van der Waals surface area contributed by atoms with Crippen LogP contribution in [-0.2, 0) is 22.4 Å². The zero-order chi connectivity index (χ0) is 26.4. The maximum atomic E-state index is 13.8. The van der Waals surface area contributed by atoms with Gasteiger partial charge in [0.05, 0.1) is 10.9 Å². The molecule has 1 heterocycles. The molecule has 0 aromatic heterocycles. The van der Waals surface area contributed by atoms with Crippen LogP contribution < -0.4 is 10.2 Å². The molecule has 0 spiro atoms. The largest absolute Gasteiger partial charge is 0.321 e. The van der Waals surface area contributed by atoms with Crippen molar-refractivity contribution in [3.8, 4) is 6.07 Å². The first-order valence-electron chi connectivity index (χ1n) is 12.6. The standard InChI is InChI=1S/C31H31N3O2S/c1-4-5-12-23-15-17-24(18-16-23)19-28-30(36)34(27-14-9-7-11-22(27)3)31(37-28)25(20-32)29(35)33-26-13-8-6-10-21(26)2/h6-11,13-18,28H,4-5,12,19H2,1-3H3,(H,33,35)/b31-25-/t28-/m0/s1. The number of amides is 2. The summed E-state index contributed by atoms with van der Waals surface area (Å²) in [6, 6.07) is 25.5. The van der Waals surface area contributed by atoms with Crippen LogP contribution >= 0.6 is 11.8 Å². The van der Waals surface area contributed by atoms with E-state index in [1.165, 1.54) is 17.3 Å². The SMILES string of the molecule is CCCCc1ccc(C[C@@H]2S/C(=C(/C#N)C(=O)Nc3ccccc3C)N(c3ccccc3C)C2=O)cc1. The average molecular weight is 510 g/mol. The number of benzene rings is 3. The Morgan fingerprint density at radius 3 is 2.27 bits per heavy atom. The van der Waals surface area contributed by atoms with E-state index in [0.29, 0.717) is 22.8 Å². The lowest BCUT2D eigenvalue weighted by molar-refractivity contribution is -0.117. The Balaban J connectivity index is 1.68. The van der Waals surface area contributed by atoms with Crippen LogP contribution in [0.15, 0.2) is 83.4 Å². The van der Waals surface area contributed by atoms with Gasteiger partial charge in [-0.1, -0.05) is 85.8 Å². The molecule has 3 aromatic carbocycles. The van der Waals surface area contributed by atoms with Crippen molar-refractivity contribution in [2.75, 3.05) is 10.2 Å². The third-order valence-corrected chi connectivity index (χ3v) is 7.78. The summed E-state index contributed by atoms with van der Waals surface area (Å²) in [5.74, 6) is -0.646. The van der Waals surface area contributed by atoms with Crippen LogP contribution in [0.2, 0.25) is 0 Å². The van der Waals surface area contributed by atoms with Crippen LogP contribution in [0.5, 0.6) is 0 Å². The second-order valence-electron chi connectivity index (χ2n) is 9.25. The predicted octanol–water partition coefficient (Wildman–Crippen LogP) is 6.71. The fourth-order valence-corrected chi connectivity index (χ4v) is 5.66. The number of aryl methyl sites for hydroxylation is 3. The average Bonchev–Trinajstić information content (AvgIpc) is 3.20. The summed E-state index contributed by atoms with van der Waals surface area (Å²) in [4.78, 5) is 28.6. The van der Waals surface area contributed by atoms with Crippen LogP contribution in [-0.4, -0.2) is 17.1 Å². The van der Waals surface area contributed by atoms with E-state index in [1.807, 2.05) is 56.3 Å². The summed E-state index contributed by atoms with van der Waals surface area (Å²) in [6.45, 7) is 6.00. The van der Waals surface area contributed by atoms with Gasteiger partial charge in [-0.2, -0.15) is 5.26 Å². The number of thioether (sulfide) groups is 1. The number of nitrogens with zero attached hydrogens (tertiary/aromatic N) is 2. The number of hydrogen-bond acceptors (Lipinski definition) is 4. The first-order valence-corrected chi connectivity index (χ1v) is 13.5. The zero-order valence-electron chi connectivity index (χ0n) is 21.5. The maximum absolute atomic E-state index is 13.8. The maximum Gasteiger partial charge on any atom is 0.269 e. The van der Waals surface area contributed by atoms with E-state index < -0.39 is 11.2 Å². The molecule has 1 aliphatic heterocycles. The van der Waals surface area contributed by atoms with E-state index in [-0.39, 0.29) is 11.5 Å². The topological polar surface area (TPSA) is 73.2 Å². The van der Waals surface area contributed by atoms with Crippen molar-refractivity contribution >= 4 is 35.0 Å². The molecule has 5 nitrogen and oxygen atoms in total. The minimum Gasteiger partial charge on any atom is -0.321 e. The third-order valence-electron chi connectivity index (χ3n) is 6.52. The van der Waals surface area contributed by atoms with E-state index in [9.17, 15) is 14.9 Å². The van der Waals surface area contributed by atoms with Gasteiger partial charge in [-0.25, -0.2) is 0 Å². The molecule has 4 rings (SSSR count). The Morgan fingerprint density at radius 2 is 1.62 bits per heavy atom. The van der Waals surface area contributed by atoms with E-state index in [0.717, 1.165) is 36.0 Å². The Morgan fingerprint density at radius 1 is 0.973 bits per heavy atom. The van der Waals surface area contributed by atoms with E-state index >= 15 is 0 Å². The van der Waals surface area contributed by atoms with Crippen molar-refractivity contribution < 1.29 is 9.59 Å². The van der Waals surface area contributed by atoms with Crippen molar-refractivity contribution in [3.05, 3.63) is 106 Å². The van der Waals surface area contributed by atoms with Crippen LogP contribution in [0.1, 0.15) is 42.0 Å². The molecule has 1 N–H and O–H groups in total. The number of hydrogen-bond donors (Lipinski definition) is 1. The molecule has 0 aliphatic carbocycles. The number of nitriles is 1. The lowest BCUT2D eigenvalue weighted by Crippen LogP contribution is -2.31. The summed E-state index contributed by atoms with van der Waals surface area (Å²) >= 11 is 1.29. The Hall–Kier alpha value is -3.82. The predicted molar refractivity (Wildman–Crippen MR) is 151 cm³/mol. The van der Waals surface area contributed by atoms with Gasteiger partial charge in [-0.3, -0.25) is 14.5 Å². The first kappa shape index (κ1) is 26.2. The molecule has 0 radical (unpaired) electrons. The van der Waals surface area contributed by atoms with Gasteiger partial charge in [-0.05, 0) is 67.5 Å². The van der Waals surface area contributed by atoms with Gasteiger partial charge >= 0.3 is 0 Å². The van der Waals surface area contributed by atoms with Crippen molar-refractivity contribution in [1.29, 1.82) is 5.26 Å². The number of carbonyl (C=O) groups is 2. The van der Waals surface area contributed by atoms with E-state index in [2.05, 4.69) is 42.6 Å². The fourth-order valence-electron chi connectivity index (χ4n) is 4.35. The zero-order valence-corrected chi connectivity index (χ0v) is 22.3. The molecule has 2 amide bonds. The molecular formula is C31H31N3O2S. The lowest BCUT2D eigenvalue weighted by Gasteiger charge is -2.20. The summed E-state index contributed by atoms with van der Waals surface area (Å²) in [7, 11) is 0. The van der Waals surface area contributed by atoms with Gasteiger partial charge in [0, 0.05) is 5.69 Å². The van der Waals surface area contributed by atoms with Crippen molar-refractivity contribution in [1.82, 2.24) is 0 Å². The molecule has 1 atom stereocenters. The highest BCUT2D eigenvalue weighted by molar-refractivity contribution is 8.05. The molecular weight excluding hydrogens is 478 g/mol. The lowest BCUT2D eigenvalue weighted by atomic mass is 10.0. The number of para-hydroxylation sites is 2. The molecule has 0 bridgehead atoms. The number of anilines is 2. The Bertz CT molecular complexity index is 1370. The molecule has 1 saturated heterocycles. The second kappa shape index (κ2) is 11.9. The fraction of sp³-hybridized carbons (Fsp3) is 0.258. The molecule has 188 valence electrons. The minimum absolute atomic E-state index is 0.0673. The first-order chi connectivity index (χ1) is 17.9. The van der Waals surface area contributed by atoms with Gasteiger partial charge in [-0.15, -0.1) is 0 Å². The van der Waals surface area contributed by atoms with Crippen molar-refractivity contribution in [2.24, 2.45) is 0 Å². The smallest absolute Gasteiger partial charge is 0.269 e. The molecule has 3 aromatic rings. The summed E-state index contributed by atoms with van der Waals surface area (Å²) in [6.07, 6.45) is 3.86. The van der Waals surface area contributed by atoms with Crippen LogP contribution in [0, 0.1) is 25.2 Å². The van der Waals surface area contributed by atoms with Crippen molar-refractivity contribution in [3.63, 3.8) is 0 Å². The Labute approximate surface area is 223 Å². The highest BCUT2D eigenvalue weighted by atomic mass is 32.2. The van der Waals surface area contributed by atoms with E-state index in [4.69, 9.17) is 0 Å². The summed E-state index contributed by atoms with van der Waals surface area (Å²) in [5.41, 5.74) is 5.39. The van der Waals surface area contributed by atoms with Crippen LogP contribution in [0.3, 0.4) is 0 Å². The molecule has 37 heavy (non-hydrogen) atoms. The van der Waals surface area contributed by atoms with Gasteiger partial charge in [0.15, 0.2) is 0 Å². The molecule has 1 aliphatic rings. The number of unbranched alkanes of at least 4 members (excludes halogenated alkanes) is 1. The molecule has 0 unspecified atom stereocenters. The number of rotatable bonds is 8.